The monoisotopic (exact) mass is 356 g/mol. The summed E-state index contributed by atoms with van der Waals surface area (Å²) in [5.74, 6) is 1.07. The number of hydrogen-bond donors (Lipinski definition) is 1. The Hall–Kier alpha value is -3.35. The number of nitrogens with zero attached hydrogens (tertiary/aromatic N) is 1. The van der Waals surface area contributed by atoms with E-state index in [-0.39, 0.29) is 17.4 Å². The molecule has 0 atom stereocenters. The molecular weight excluding hydrogens is 339 g/mol. The third-order valence-corrected chi connectivity index (χ3v) is 3.80. The van der Waals surface area contributed by atoms with Crippen LogP contribution in [0, 0.1) is 5.82 Å². The van der Waals surface area contributed by atoms with Crippen LogP contribution in [-0.4, -0.2) is 33.1 Å². The first-order valence-electron chi connectivity index (χ1n) is 7.73. The zero-order chi connectivity index (χ0) is 18.7. The third kappa shape index (κ3) is 3.37. The molecule has 1 N–H and O–H groups in total. The lowest BCUT2D eigenvalue weighted by Crippen LogP contribution is -2.24. The van der Waals surface area contributed by atoms with Crippen molar-refractivity contribution in [2.75, 3.05) is 21.3 Å². The molecule has 0 unspecified atom stereocenters. The lowest BCUT2D eigenvalue weighted by molar-refractivity contribution is -0.115. The molecule has 7 heteroatoms. The maximum atomic E-state index is 13.0. The van der Waals surface area contributed by atoms with Gasteiger partial charge in [-0.2, -0.15) is 0 Å². The van der Waals surface area contributed by atoms with Crippen LogP contribution in [0.25, 0.3) is 6.08 Å². The maximum absolute atomic E-state index is 13.0. The van der Waals surface area contributed by atoms with Gasteiger partial charge in [0.05, 0.1) is 21.3 Å². The van der Waals surface area contributed by atoms with Crippen molar-refractivity contribution in [3.8, 4) is 17.2 Å². The molecular formula is C19H17FN2O4. The number of carbonyl (C=O) groups excluding carboxylic acids is 1. The quantitative estimate of drug-likeness (QED) is 0.837. The Morgan fingerprint density at radius 2 is 1.62 bits per heavy atom. The molecule has 0 spiro atoms. The molecule has 0 saturated heterocycles. The molecule has 1 heterocycles. The molecule has 0 saturated carbocycles. The first-order chi connectivity index (χ1) is 12.5. The smallest absolute Gasteiger partial charge is 0.275 e. The number of aliphatic imine (C=N–C) groups is 1. The second-order valence-corrected chi connectivity index (χ2v) is 5.41. The van der Waals surface area contributed by atoms with Gasteiger partial charge in [0.1, 0.15) is 17.3 Å². The summed E-state index contributed by atoms with van der Waals surface area (Å²) in [5.41, 5.74) is 1.50. The van der Waals surface area contributed by atoms with Gasteiger partial charge in [0.25, 0.3) is 5.91 Å². The minimum Gasteiger partial charge on any atom is -0.493 e. The van der Waals surface area contributed by atoms with E-state index in [1.54, 1.807) is 30.3 Å². The zero-order valence-corrected chi connectivity index (χ0v) is 14.5. The molecule has 26 heavy (non-hydrogen) atoms. The van der Waals surface area contributed by atoms with Gasteiger partial charge in [0, 0.05) is 5.56 Å². The van der Waals surface area contributed by atoms with E-state index < -0.39 is 0 Å². The number of methoxy groups -OCH3 is 3. The summed E-state index contributed by atoms with van der Waals surface area (Å²) in [7, 11) is 4.55. The van der Waals surface area contributed by atoms with Crippen molar-refractivity contribution >= 4 is 17.8 Å². The van der Waals surface area contributed by atoms with Crippen molar-refractivity contribution < 1.29 is 23.4 Å². The Morgan fingerprint density at radius 3 is 2.15 bits per heavy atom. The standard InChI is InChI=1S/C19H17FN2O4/c1-24-15-9-11(10-16(25-2)17(15)26-3)8-14-19(23)22-18(21-14)12-4-6-13(20)7-5-12/h4-10H,1-3H3,(H,21,22,23)/b14-8+. The van der Waals surface area contributed by atoms with Crippen LogP contribution in [0.3, 0.4) is 0 Å². The molecule has 1 aliphatic rings. The molecule has 0 bridgehead atoms. The van der Waals surface area contributed by atoms with E-state index in [2.05, 4.69) is 10.3 Å². The van der Waals surface area contributed by atoms with Crippen LogP contribution in [0.15, 0.2) is 47.1 Å². The van der Waals surface area contributed by atoms with Gasteiger partial charge in [-0.1, -0.05) is 0 Å². The van der Waals surface area contributed by atoms with E-state index in [1.165, 1.54) is 33.5 Å². The van der Waals surface area contributed by atoms with Gasteiger partial charge in [-0.3, -0.25) is 4.79 Å². The predicted molar refractivity (Wildman–Crippen MR) is 95.2 cm³/mol. The first kappa shape index (κ1) is 17.5. The van der Waals surface area contributed by atoms with E-state index in [1.807, 2.05) is 0 Å². The molecule has 2 aromatic carbocycles. The summed E-state index contributed by atoms with van der Waals surface area (Å²) >= 11 is 0. The SMILES string of the molecule is COc1cc(/C=C2/N=C(c3ccc(F)cc3)NC2=O)cc(OC)c1OC. The Kier molecular flexibility index (Phi) is 4.88. The van der Waals surface area contributed by atoms with E-state index >= 15 is 0 Å². The van der Waals surface area contributed by atoms with E-state index in [9.17, 15) is 9.18 Å². The first-order valence-corrected chi connectivity index (χ1v) is 7.73. The number of nitrogens with one attached hydrogen (secondary N) is 1. The van der Waals surface area contributed by atoms with Crippen molar-refractivity contribution in [3.63, 3.8) is 0 Å². The second kappa shape index (κ2) is 7.26. The summed E-state index contributed by atoms with van der Waals surface area (Å²) < 4.78 is 28.9. The fourth-order valence-electron chi connectivity index (χ4n) is 2.56. The molecule has 134 valence electrons. The number of amides is 1. The molecule has 6 nitrogen and oxygen atoms in total. The van der Waals surface area contributed by atoms with Gasteiger partial charge in [-0.15, -0.1) is 0 Å². The number of hydrogen-bond acceptors (Lipinski definition) is 5. The fraction of sp³-hybridized carbons (Fsp3) is 0.158. The van der Waals surface area contributed by atoms with Crippen molar-refractivity contribution in [3.05, 3.63) is 59.0 Å². The van der Waals surface area contributed by atoms with E-state index in [4.69, 9.17) is 14.2 Å². The van der Waals surface area contributed by atoms with Gasteiger partial charge >= 0.3 is 0 Å². The summed E-state index contributed by atoms with van der Waals surface area (Å²) in [5, 5.41) is 2.67. The number of benzene rings is 2. The summed E-state index contributed by atoms with van der Waals surface area (Å²) in [6.45, 7) is 0. The summed E-state index contributed by atoms with van der Waals surface area (Å²) in [6.07, 6.45) is 1.61. The lowest BCUT2D eigenvalue weighted by Gasteiger charge is -2.12. The van der Waals surface area contributed by atoms with Crippen molar-refractivity contribution in [1.29, 1.82) is 0 Å². The number of halogens is 1. The second-order valence-electron chi connectivity index (χ2n) is 5.41. The normalized spacial score (nSPS) is 14.8. The number of carbonyl (C=O) groups is 1. The maximum Gasteiger partial charge on any atom is 0.275 e. The van der Waals surface area contributed by atoms with Gasteiger partial charge in [0.2, 0.25) is 5.75 Å². The predicted octanol–water partition coefficient (Wildman–Crippen LogP) is 2.77. The largest absolute Gasteiger partial charge is 0.493 e. The highest BCUT2D eigenvalue weighted by molar-refractivity contribution is 6.19. The number of amidine groups is 1. The van der Waals surface area contributed by atoms with Crippen molar-refractivity contribution in [2.45, 2.75) is 0 Å². The topological polar surface area (TPSA) is 69.2 Å². The van der Waals surface area contributed by atoms with Crippen LogP contribution in [0.4, 0.5) is 4.39 Å². The van der Waals surface area contributed by atoms with Crippen LogP contribution >= 0.6 is 0 Å². The highest BCUT2D eigenvalue weighted by atomic mass is 19.1. The minimum absolute atomic E-state index is 0.221. The van der Waals surface area contributed by atoms with Crippen LogP contribution in [0.1, 0.15) is 11.1 Å². The number of ether oxygens (including phenoxy) is 3. The lowest BCUT2D eigenvalue weighted by atomic mass is 10.1. The van der Waals surface area contributed by atoms with Crippen molar-refractivity contribution in [2.24, 2.45) is 4.99 Å². The van der Waals surface area contributed by atoms with Gasteiger partial charge in [0.15, 0.2) is 11.5 Å². The summed E-state index contributed by atoms with van der Waals surface area (Å²) in [6, 6.07) is 9.16. The third-order valence-electron chi connectivity index (χ3n) is 3.80. The molecule has 0 aliphatic carbocycles. The zero-order valence-electron chi connectivity index (χ0n) is 14.5. The van der Waals surface area contributed by atoms with Gasteiger partial charge in [-0.25, -0.2) is 9.38 Å². The van der Waals surface area contributed by atoms with Crippen LogP contribution in [-0.2, 0) is 4.79 Å². The van der Waals surface area contributed by atoms with Crippen LogP contribution < -0.4 is 19.5 Å². The van der Waals surface area contributed by atoms with Crippen molar-refractivity contribution in [1.82, 2.24) is 5.32 Å². The van der Waals surface area contributed by atoms with E-state index in [0.29, 0.717) is 34.2 Å². The minimum atomic E-state index is -0.355. The fourth-order valence-corrected chi connectivity index (χ4v) is 2.56. The van der Waals surface area contributed by atoms with Gasteiger partial charge < -0.3 is 19.5 Å². The Morgan fingerprint density at radius 1 is 1.00 bits per heavy atom. The highest BCUT2D eigenvalue weighted by Crippen LogP contribution is 2.38. The molecule has 3 rings (SSSR count). The Labute approximate surface area is 149 Å². The number of rotatable bonds is 5. The average molecular weight is 356 g/mol. The Balaban J connectivity index is 1.99. The van der Waals surface area contributed by atoms with Crippen LogP contribution in [0.5, 0.6) is 17.2 Å². The highest BCUT2D eigenvalue weighted by Gasteiger charge is 2.22. The molecule has 0 radical (unpaired) electrons. The molecule has 2 aromatic rings. The molecule has 1 amide bonds. The molecule has 1 aliphatic heterocycles. The molecule has 0 fully saturated rings. The Bertz CT molecular complexity index is 879. The average Bonchev–Trinajstić information content (AvgIpc) is 3.01. The summed E-state index contributed by atoms with van der Waals surface area (Å²) in [4.78, 5) is 16.5. The van der Waals surface area contributed by atoms with Crippen LogP contribution in [0.2, 0.25) is 0 Å². The molecule has 0 aromatic heterocycles. The van der Waals surface area contributed by atoms with E-state index in [0.717, 1.165) is 0 Å². The van der Waals surface area contributed by atoms with Gasteiger partial charge in [-0.05, 0) is 48.0 Å².